The first-order valence-electron chi connectivity index (χ1n) is 21.5. The molecule has 2 atom stereocenters. The van der Waals surface area contributed by atoms with Crippen LogP contribution in [-0.2, 0) is 60.3 Å². The zero-order valence-corrected chi connectivity index (χ0v) is 40.7. The fourth-order valence-electron chi connectivity index (χ4n) is 7.46. The van der Waals surface area contributed by atoms with Crippen molar-refractivity contribution >= 4 is 73.6 Å². The molecule has 69 heavy (non-hydrogen) atoms. The summed E-state index contributed by atoms with van der Waals surface area (Å²) in [6.45, 7) is 6.39. The van der Waals surface area contributed by atoms with E-state index in [1.165, 1.54) is 12.5 Å². The number of anilines is 1. The van der Waals surface area contributed by atoms with Gasteiger partial charge in [0.25, 0.3) is 11.8 Å². The third-order valence-corrected chi connectivity index (χ3v) is 14.0. The van der Waals surface area contributed by atoms with Gasteiger partial charge in [-0.15, -0.1) is 23.1 Å². The maximum Gasteiger partial charge on any atom is 0.413 e. The van der Waals surface area contributed by atoms with Crippen LogP contribution < -0.4 is 15.4 Å². The number of esters is 2. The van der Waals surface area contributed by atoms with Crippen LogP contribution in [0.2, 0.25) is 0 Å². The second-order valence-electron chi connectivity index (χ2n) is 16.5. The van der Waals surface area contributed by atoms with E-state index >= 15 is 0 Å². The number of benzene rings is 4. The minimum Gasteiger partial charge on any atom is -0.497 e. The van der Waals surface area contributed by atoms with Gasteiger partial charge in [0.05, 0.1) is 19.5 Å². The summed E-state index contributed by atoms with van der Waals surface area (Å²) in [5, 5.41) is 10.5. The lowest BCUT2D eigenvalue weighted by atomic mass is 9.80. The summed E-state index contributed by atoms with van der Waals surface area (Å²) in [5.41, 5.74) is -0.370. The molecule has 2 aliphatic rings. The number of nitrogens with zero attached hydrogens (tertiary/aromatic N) is 3. The standard InChI is InChI=1S/C49H49N5O12S3/c1-6-63-38(55)30-69(60,61)29-32-27-67-44-40(43(57)54(44)41(32)45(58)64-26-31-22-24-36(62-5)25-23-31)51-42(56)39(37-28-68-46(50-37)52-47(59)65-48(2,3)4)53-66-49(33-16-10-7-11-17-33,34-18-12-8-13-19-34)35-20-14-9-15-21-35/h7-25,28,40,44H,6,26-27,29-30H2,1-5H3,(H,51,56)(H,50,52,59)/b53-39-/t40?,44-/m1/s1. The van der Waals surface area contributed by atoms with Crippen molar-refractivity contribution in [1.82, 2.24) is 15.2 Å². The fourth-order valence-corrected chi connectivity index (χ4v) is 10.9. The van der Waals surface area contributed by atoms with Crippen LogP contribution >= 0.6 is 23.1 Å². The first-order valence-corrected chi connectivity index (χ1v) is 25.3. The number of hydrogen-bond donors (Lipinski definition) is 2. The van der Waals surface area contributed by atoms with Gasteiger partial charge in [0.2, 0.25) is 5.60 Å². The van der Waals surface area contributed by atoms with Crippen molar-refractivity contribution < 1.29 is 56.2 Å². The van der Waals surface area contributed by atoms with E-state index in [-0.39, 0.29) is 46.8 Å². The Morgan fingerprint density at radius 2 is 1.45 bits per heavy atom. The highest BCUT2D eigenvalue weighted by Gasteiger charge is 2.55. The van der Waals surface area contributed by atoms with Gasteiger partial charge in [0.1, 0.15) is 46.5 Å². The first-order chi connectivity index (χ1) is 33.0. The van der Waals surface area contributed by atoms with E-state index in [1.54, 1.807) is 52.0 Å². The summed E-state index contributed by atoms with van der Waals surface area (Å²) in [6.07, 6.45) is -0.784. The minimum atomic E-state index is -4.19. The normalized spacial score (nSPS) is 16.1. The number of thiazole rings is 1. The lowest BCUT2D eigenvalue weighted by Crippen LogP contribution is -2.71. The van der Waals surface area contributed by atoms with E-state index in [1.807, 2.05) is 91.0 Å². The molecule has 0 spiro atoms. The number of β-lactam (4-membered cyclic amide) rings is 1. The summed E-state index contributed by atoms with van der Waals surface area (Å²) in [7, 11) is -2.68. The average Bonchev–Trinajstić information content (AvgIpc) is 3.78. The Morgan fingerprint density at radius 1 is 0.855 bits per heavy atom. The molecule has 2 N–H and O–H groups in total. The number of aromatic nitrogens is 1. The molecule has 360 valence electrons. The molecule has 0 aliphatic carbocycles. The third kappa shape index (κ3) is 11.8. The van der Waals surface area contributed by atoms with Gasteiger partial charge in [0.15, 0.2) is 20.7 Å². The van der Waals surface area contributed by atoms with E-state index in [0.29, 0.717) is 28.0 Å². The number of carbonyl (C=O) groups is 5. The lowest BCUT2D eigenvalue weighted by molar-refractivity contribution is -0.153. The van der Waals surface area contributed by atoms with Crippen LogP contribution in [0.25, 0.3) is 0 Å². The molecule has 0 radical (unpaired) electrons. The highest BCUT2D eigenvalue weighted by atomic mass is 32.2. The molecule has 1 aromatic heterocycles. The largest absolute Gasteiger partial charge is 0.497 e. The lowest BCUT2D eigenvalue weighted by Gasteiger charge is -2.49. The van der Waals surface area contributed by atoms with Crippen LogP contribution in [0.3, 0.4) is 0 Å². The number of amides is 3. The summed E-state index contributed by atoms with van der Waals surface area (Å²) in [4.78, 5) is 80.4. The number of ether oxygens (including phenoxy) is 4. The van der Waals surface area contributed by atoms with Crippen LogP contribution in [-0.4, -0.2) is 102 Å². The molecule has 17 nitrogen and oxygen atoms in total. The molecule has 4 aromatic carbocycles. The Hall–Kier alpha value is -7.03. The molecule has 1 saturated heterocycles. The van der Waals surface area contributed by atoms with Crippen LogP contribution in [0, 0.1) is 0 Å². The Labute approximate surface area is 407 Å². The molecular formula is C49H49N5O12S3. The zero-order chi connectivity index (χ0) is 49.3. The molecule has 7 rings (SSSR count). The van der Waals surface area contributed by atoms with Crippen molar-refractivity contribution in [2.75, 3.05) is 36.3 Å². The van der Waals surface area contributed by atoms with Crippen molar-refractivity contribution in [2.45, 2.75) is 56.9 Å². The van der Waals surface area contributed by atoms with E-state index in [4.69, 9.17) is 23.8 Å². The number of rotatable bonds is 18. The molecule has 20 heteroatoms. The average molecular weight is 996 g/mol. The highest BCUT2D eigenvalue weighted by Crippen LogP contribution is 2.43. The zero-order valence-electron chi connectivity index (χ0n) is 38.2. The maximum absolute atomic E-state index is 14.8. The molecule has 1 unspecified atom stereocenters. The predicted octanol–water partition coefficient (Wildman–Crippen LogP) is 6.59. The molecule has 2 aliphatic heterocycles. The van der Waals surface area contributed by atoms with Crippen molar-refractivity contribution in [1.29, 1.82) is 0 Å². The fraction of sp³-hybridized carbons (Fsp3) is 0.286. The summed E-state index contributed by atoms with van der Waals surface area (Å²) < 4.78 is 47.7. The van der Waals surface area contributed by atoms with Gasteiger partial charge < -0.3 is 29.1 Å². The number of hydrogen-bond acceptors (Lipinski definition) is 16. The van der Waals surface area contributed by atoms with Gasteiger partial charge in [-0.2, -0.15) is 0 Å². The molecule has 0 saturated carbocycles. The number of nitrogens with one attached hydrogen (secondary N) is 2. The Kier molecular flexibility index (Phi) is 15.5. The topological polar surface area (TPSA) is 218 Å². The van der Waals surface area contributed by atoms with Gasteiger partial charge in [-0.05, 0) is 51.0 Å². The van der Waals surface area contributed by atoms with E-state index in [0.717, 1.165) is 28.0 Å². The predicted molar refractivity (Wildman–Crippen MR) is 259 cm³/mol. The molecular weight excluding hydrogens is 947 g/mol. The number of thioether (sulfide) groups is 1. The summed E-state index contributed by atoms with van der Waals surface area (Å²) >= 11 is 2.09. The molecule has 3 heterocycles. The van der Waals surface area contributed by atoms with Gasteiger partial charge in [-0.1, -0.05) is 108 Å². The monoisotopic (exact) mass is 995 g/mol. The minimum absolute atomic E-state index is 0.0247. The number of carbonyl (C=O) groups excluding carboxylic acids is 5. The van der Waals surface area contributed by atoms with Crippen LogP contribution in [0.4, 0.5) is 9.93 Å². The SMILES string of the molecule is CCOC(=O)CS(=O)(=O)CC1=C(C(=O)OCc2ccc(OC)cc2)N2C(=O)C(NC(=O)/C(=N\OC(c3ccccc3)(c3ccccc3)c3ccccc3)c3csc(NC(=O)OC(C)(C)C)n3)[C@H]2SC1. The van der Waals surface area contributed by atoms with Crippen LogP contribution in [0.1, 0.15) is 55.6 Å². The van der Waals surface area contributed by atoms with E-state index < -0.39 is 73.8 Å². The Morgan fingerprint density at radius 3 is 2.00 bits per heavy atom. The van der Waals surface area contributed by atoms with Gasteiger partial charge in [-0.25, -0.2) is 23.0 Å². The molecule has 0 bridgehead atoms. The summed E-state index contributed by atoms with van der Waals surface area (Å²) in [5.74, 6) is -4.82. The quantitative estimate of drug-likeness (QED) is 0.0237. The molecule has 5 aromatic rings. The number of sulfone groups is 1. The summed E-state index contributed by atoms with van der Waals surface area (Å²) in [6, 6.07) is 33.3. The second-order valence-corrected chi connectivity index (χ2v) is 20.6. The third-order valence-electron chi connectivity index (χ3n) is 10.5. The van der Waals surface area contributed by atoms with Crippen molar-refractivity contribution in [3.63, 3.8) is 0 Å². The molecule has 1 fully saturated rings. The van der Waals surface area contributed by atoms with E-state index in [2.05, 4.69) is 20.8 Å². The number of oxime groups is 1. The second kappa shape index (κ2) is 21.5. The Bertz CT molecular complexity index is 2750. The van der Waals surface area contributed by atoms with Crippen LogP contribution in [0.5, 0.6) is 5.75 Å². The van der Waals surface area contributed by atoms with Gasteiger partial charge in [0, 0.05) is 27.8 Å². The first kappa shape index (κ1) is 49.9. The van der Waals surface area contributed by atoms with Crippen molar-refractivity contribution in [3.8, 4) is 5.75 Å². The number of fused-ring (bicyclic) bond motifs is 1. The maximum atomic E-state index is 14.8. The Balaban J connectivity index is 1.24. The molecule has 3 amide bonds. The highest BCUT2D eigenvalue weighted by molar-refractivity contribution is 8.00. The van der Waals surface area contributed by atoms with Gasteiger partial charge in [-0.3, -0.25) is 24.6 Å². The smallest absolute Gasteiger partial charge is 0.413 e. The van der Waals surface area contributed by atoms with Crippen molar-refractivity contribution in [2.24, 2.45) is 5.16 Å². The van der Waals surface area contributed by atoms with E-state index in [9.17, 15) is 32.4 Å². The van der Waals surface area contributed by atoms with Gasteiger partial charge >= 0.3 is 18.0 Å². The van der Waals surface area contributed by atoms with Crippen LogP contribution in [0.15, 0.2) is 137 Å². The number of methoxy groups -OCH3 is 1. The van der Waals surface area contributed by atoms with Crippen molar-refractivity contribution in [3.05, 3.63) is 160 Å².